The van der Waals surface area contributed by atoms with Crippen molar-refractivity contribution >= 4 is 15.9 Å². The Hall–Kier alpha value is -1.36. The monoisotopic (exact) mass is 239 g/mol. The number of H-pyrrole nitrogens is 1. The number of aromatic nitrogens is 3. The van der Waals surface area contributed by atoms with Crippen molar-refractivity contribution < 1.29 is 5.11 Å². The van der Waals surface area contributed by atoms with Crippen LogP contribution >= 0.6 is 15.9 Å². The fourth-order valence-electron chi connectivity index (χ4n) is 1.03. The third-order valence-electron chi connectivity index (χ3n) is 1.60. The first kappa shape index (κ1) is 8.25. The van der Waals surface area contributed by atoms with E-state index in [-0.39, 0.29) is 5.88 Å². The third kappa shape index (κ3) is 1.55. The molecule has 13 heavy (non-hydrogen) atoms. The van der Waals surface area contributed by atoms with Gasteiger partial charge in [0, 0.05) is 17.8 Å². The lowest BCUT2D eigenvalue weighted by Crippen LogP contribution is -1.82. The Balaban J connectivity index is 2.52. The Morgan fingerprint density at radius 3 is 2.92 bits per heavy atom. The van der Waals surface area contributed by atoms with Crippen molar-refractivity contribution in [2.75, 3.05) is 0 Å². The second kappa shape index (κ2) is 3.18. The smallest absolute Gasteiger partial charge is 0.207 e. The summed E-state index contributed by atoms with van der Waals surface area (Å²) < 4.78 is 0.710. The second-order valence-electron chi connectivity index (χ2n) is 2.48. The number of rotatable bonds is 1. The van der Waals surface area contributed by atoms with E-state index < -0.39 is 0 Å². The highest BCUT2D eigenvalue weighted by Crippen LogP contribution is 2.25. The number of hydrogen-bond donors (Lipinski definition) is 2. The predicted octanol–water partition coefficient (Wildman–Crippen LogP) is 1.94. The Morgan fingerprint density at radius 1 is 1.46 bits per heavy atom. The first-order chi connectivity index (χ1) is 6.27. The van der Waals surface area contributed by atoms with Gasteiger partial charge in [0.25, 0.3) is 0 Å². The number of nitrogens with zero attached hydrogens (tertiary/aromatic N) is 2. The molecule has 0 amide bonds. The van der Waals surface area contributed by atoms with Gasteiger partial charge in [-0.2, -0.15) is 5.10 Å². The summed E-state index contributed by atoms with van der Waals surface area (Å²) in [5.74, 6) is 0.0470. The van der Waals surface area contributed by atoms with Crippen molar-refractivity contribution in [2.45, 2.75) is 0 Å². The van der Waals surface area contributed by atoms with E-state index in [9.17, 15) is 0 Å². The average molecular weight is 240 g/mol. The lowest BCUT2D eigenvalue weighted by atomic mass is 10.2. The minimum atomic E-state index is 0.0470. The van der Waals surface area contributed by atoms with Gasteiger partial charge in [0.05, 0.1) is 5.69 Å². The largest absolute Gasteiger partial charge is 0.494 e. The zero-order chi connectivity index (χ0) is 9.26. The van der Waals surface area contributed by atoms with E-state index in [1.54, 1.807) is 12.3 Å². The molecule has 2 heterocycles. The fraction of sp³-hybridized carbons (Fsp3) is 0. The molecule has 2 N–H and O–H groups in total. The van der Waals surface area contributed by atoms with Gasteiger partial charge in [-0.1, -0.05) is 0 Å². The van der Waals surface area contributed by atoms with Gasteiger partial charge in [-0.05, 0) is 28.1 Å². The minimum absolute atomic E-state index is 0.0470. The van der Waals surface area contributed by atoms with Crippen molar-refractivity contribution in [3.8, 4) is 17.1 Å². The highest BCUT2D eigenvalue weighted by Gasteiger charge is 2.06. The van der Waals surface area contributed by atoms with Gasteiger partial charge in [0.2, 0.25) is 5.88 Å². The van der Waals surface area contributed by atoms with E-state index in [4.69, 9.17) is 5.11 Å². The van der Waals surface area contributed by atoms with Crippen molar-refractivity contribution in [1.29, 1.82) is 0 Å². The zero-order valence-corrected chi connectivity index (χ0v) is 8.12. The minimum Gasteiger partial charge on any atom is -0.494 e. The standard InChI is InChI=1S/C8H6BrN3O/c9-8-5(2-1-3-10-8)6-4-7(13)12-11-6/h1-4H,(H2,11,12,13). The SMILES string of the molecule is Oc1cc(-c2cccnc2Br)n[nH]1. The molecular weight excluding hydrogens is 234 g/mol. The molecule has 0 aliphatic rings. The van der Waals surface area contributed by atoms with Crippen LogP contribution in [-0.4, -0.2) is 20.3 Å². The number of aromatic hydroxyl groups is 1. The van der Waals surface area contributed by atoms with E-state index in [1.807, 2.05) is 12.1 Å². The van der Waals surface area contributed by atoms with Gasteiger partial charge >= 0.3 is 0 Å². The molecule has 0 radical (unpaired) electrons. The van der Waals surface area contributed by atoms with Crippen LogP contribution in [0.4, 0.5) is 0 Å². The maximum atomic E-state index is 9.05. The molecule has 2 rings (SSSR count). The lowest BCUT2D eigenvalue weighted by molar-refractivity contribution is 0.452. The van der Waals surface area contributed by atoms with Crippen molar-refractivity contribution in [3.63, 3.8) is 0 Å². The Kier molecular flexibility index (Phi) is 2.02. The summed E-state index contributed by atoms with van der Waals surface area (Å²) in [4.78, 5) is 4.05. The van der Waals surface area contributed by atoms with Crippen molar-refractivity contribution in [1.82, 2.24) is 15.2 Å². The molecular formula is C8H6BrN3O. The molecule has 0 aliphatic heterocycles. The molecule has 2 aromatic heterocycles. The molecule has 2 aromatic rings. The van der Waals surface area contributed by atoms with E-state index in [1.165, 1.54) is 0 Å². The van der Waals surface area contributed by atoms with E-state index in [0.717, 1.165) is 5.56 Å². The lowest BCUT2D eigenvalue weighted by Gasteiger charge is -1.96. The summed E-state index contributed by atoms with van der Waals surface area (Å²) in [6.07, 6.45) is 1.68. The molecule has 0 fully saturated rings. The van der Waals surface area contributed by atoms with Crippen LogP contribution in [0.1, 0.15) is 0 Å². The molecule has 0 aromatic carbocycles. The highest BCUT2D eigenvalue weighted by atomic mass is 79.9. The molecule has 0 spiro atoms. The van der Waals surface area contributed by atoms with Gasteiger partial charge < -0.3 is 5.11 Å². The van der Waals surface area contributed by atoms with Crippen LogP contribution in [0, 0.1) is 0 Å². The number of pyridine rings is 1. The van der Waals surface area contributed by atoms with Gasteiger partial charge in [-0.3, -0.25) is 0 Å². The molecule has 0 aliphatic carbocycles. The molecule has 0 unspecified atom stereocenters. The van der Waals surface area contributed by atoms with Crippen LogP contribution in [0.3, 0.4) is 0 Å². The van der Waals surface area contributed by atoms with Gasteiger partial charge in [0.15, 0.2) is 0 Å². The fourth-order valence-corrected chi connectivity index (χ4v) is 1.48. The summed E-state index contributed by atoms with van der Waals surface area (Å²) in [6, 6.07) is 5.22. The summed E-state index contributed by atoms with van der Waals surface area (Å²) in [5, 5.41) is 15.4. The Labute approximate surface area is 82.8 Å². The summed E-state index contributed by atoms with van der Waals surface area (Å²) in [7, 11) is 0. The normalized spacial score (nSPS) is 10.2. The summed E-state index contributed by atoms with van der Waals surface area (Å²) >= 11 is 3.30. The molecule has 66 valence electrons. The second-order valence-corrected chi connectivity index (χ2v) is 3.23. The number of nitrogens with one attached hydrogen (secondary N) is 1. The summed E-state index contributed by atoms with van der Waals surface area (Å²) in [6.45, 7) is 0. The Morgan fingerprint density at radius 2 is 2.31 bits per heavy atom. The molecule has 0 bridgehead atoms. The average Bonchev–Trinajstić information content (AvgIpc) is 2.53. The molecule has 0 saturated heterocycles. The Bertz CT molecular complexity index is 427. The number of aromatic amines is 1. The van der Waals surface area contributed by atoms with E-state index in [0.29, 0.717) is 10.3 Å². The van der Waals surface area contributed by atoms with Crippen LogP contribution in [0.25, 0.3) is 11.3 Å². The van der Waals surface area contributed by atoms with Crippen LogP contribution in [0.2, 0.25) is 0 Å². The topological polar surface area (TPSA) is 61.8 Å². The quantitative estimate of drug-likeness (QED) is 0.748. The number of hydrogen-bond acceptors (Lipinski definition) is 3. The first-order valence-electron chi connectivity index (χ1n) is 3.62. The van der Waals surface area contributed by atoms with Crippen molar-refractivity contribution in [3.05, 3.63) is 29.0 Å². The van der Waals surface area contributed by atoms with Gasteiger partial charge in [-0.15, -0.1) is 0 Å². The van der Waals surface area contributed by atoms with Crippen LogP contribution in [0.5, 0.6) is 5.88 Å². The van der Waals surface area contributed by atoms with Gasteiger partial charge in [-0.25, -0.2) is 10.1 Å². The number of halogens is 1. The molecule has 0 saturated carbocycles. The van der Waals surface area contributed by atoms with E-state index in [2.05, 4.69) is 31.1 Å². The van der Waals surface area contributed by atoms with Crippen LogP contribution in [0.15, 0.2) is 29.0 Å². The molecule has 0 atom stereocenters. The summed E-state index contributed by atoms with van der Waals surface area (Å²) in [5.41, 5.74) is 1.51. The van der Waals surface area contributed by atoms with Crippen molar-refractivity contribution in [2.24, 2.45) is 0 Å². The molecule has 4 nitrogen and oxygen atoms in total. The maximum absolute atomic E-state index is 9.05. The predicted molar refractivity (Wildman–Crippen MR) is 51.2 cm³/mol. The third-order valence-corrected chi connectivity index (χ3v) is 2.23. The van der Waals surface area contributed by atoms with Crippen LogP contribution < -0.4 is 0 Å². The maximum Gasteiger partial charge on any atom is 0.207 e. The van der Waals surface area contributed by atoms with Gasteiger partial charge in [0.1, 0.15) is 4.60 Å². The van der Waals surface area contributed by atoms with E-state index >= 15 is 0 Å². The van der Waals surface area contributed by atoms with Crippen LogP contribution in [-0.2, 0) is 0 Å². The molecule has 5 heteroatoms. The first-order valence-corrected chi connectivity index (χ1v) is 4.42. The zero-order valence-electron chi connectivity index (χ0n) is 6.53. The highest BCUT2D eigenvalue weighted by molar-refractivity contribution is 9.10.